The fourth-order valence-electron chi connectivity index (χ4n) is 2.86. The number of nitriles is 1. The molecule has 20 heavy (non-hydrogen) atoms. The third-order valence-electron chi connectivity index (χ3n) is 4.04. The average molecular weight is 289 g/mol. The zero-order valence-corrected chi connectivity index (χ0v) is 13.1. The summed E-state index contributed by atoms with van der Waals surface area (Å²) in [6.45, 7) is 6.06. The van der Waals surface area contributed by atoms with E-state index in [1.165, 1.54) is 6.42 Å². The van der Waals surface area contributed by atoms with Crippen molar-refractivity contribution in [1.82, 2.24) is 0 Å². The molecule has 4 heteroatoms. The van der Waals surface area contributed by atoms with Crippen LogP contribution in [-0.4, -0.2) is 24.9 Å². The highest BCUT2D eigenvalue weighted by Gasteiger charge is 2.27. The summed E-state index contributed by atoms with van der Waals surface area (Å²) < 4.78 is 0. The molecule has 1 aliphatic heterocycles. The van der Waals surface area contributed by atoms with Crippen LogP contribution in [0, 0.1) is 17.2 Å². The third-order valence-corrected chi connectivity index (χ3v) is 4.98. The van der Waals surface area contributed by atoms with E-state index in [1.54, 1.807) is 11.8 Å². The second-order valence-electron chi connectivity index (χ2n) is 5.38. The second kappa shape index (κ2) is 7.01. The van der Waals surface area contributed by atoms with Gasteiger partial charge < -0.3 is 10.6 Å². The maximum Gasteiger partial charge on any atom is 0.103 e. The molecule has 2 rings (SSSR count). The summed E-state index contributed by atoms with van der Waals surface area (Å²) >= 11 is 1.74. The number of thioether (sulfide) groups is 1. The number of anilines is 1. The lowest BCUT2D eigenvalue weighted by Crippen LogP contribution is -2.44. The number of piperidine rings is 1. The summed E-state index contributed by atoms with van der Waals surface area (Å²) in [6, 6.07) is 9.07. The molecule has 0 saturated carbocycles. The summed E-state index contributed by atoms with van der Waals surface area (Å²) in [5.74, 6) is 1.53. The van der Waals surface area contributed by atoms with Crippen LogP contribution in [0.5, 0.6) is 0 Å². The quantitative estimate of drug-likeness (QED) is 0.865. The van der Waals surface area contributed by atoms with E-state index >= 15 is 0 Å². The number of benzene rings is 1. The molecule has 1 aliphatic rings. The van der Waals surface area contributed by atoms with Gasteiger partial charge in [0.25, 0.3) is 0 Å². The molecule has 1 aromatic rings. The van der Waals surface area contributed by atoms with E-state index in [4.69, 9.17) is 5.73 Å². The summed E-state index contributed by atoms with van der Waals surface area (Å²) in [5.41, 5.74) is 7.74. The predicted octanol–water partition coefficient (Wildman–Crippen LogP) is 3.23. The number of hydrogen-bond acceptors (Lipinski definition) is 4. The van der Waals surface area contributed by atoms with E-state index in [2.05, 4.69) is 36.9 Å². The molecule has 0 bridgehead atoms. The Labute approximate surface area is 126 Å². The Morgan fingerprint density at radius 2 is 2.25 bits per heavy atom. The number of rotatable bonds is 4. The molecule has 2 unspecified atom stereocenters. The van der Waals surface area contributed by atoms with Crippen LogP contribution in [0.15, 0.2) is 23.1 Å². The molecule has 108 valence electrons. The monoisotopic (exact) mass is 289 g/mol. The van der Waals surface area contributed by atoms with Crippen LogP contribution in [0.25, 0.3) is 0 Å². The minimum atomic E-state index is 0.478. The zero-order chi connectivity index (χ0) is 14.5. The molecule has 1 aromatic carbocycles. The van der Waals surface area contributed by atoms with Crippen molar-refractivity contribution in [2.45, 2.75) is 37.6 Å². The van der Waals surface area contributed by atoms with Gasteiger partial charge in [-0.3, -0.25) is 0 Å². The summed E-state index contributed by atoms with van der Waals surface area (Å²) in [7, 11) is 0. The average Bonchev–Trinajstić information content (AvgIpc) is 2.48. The Kier molecular flexibility index (Phi) is 5.33. The topological polar surface area (TPSA) is 53.0 Å². The maximum absolute atomic E-state index is 9.55. The van der Waals surface area contributed by atoms with Crippen LogP contribution in [0.3, 0.4) is 0 Å². The van der Waals surface area contributed by atoms with Gasteiger partial charge in [-0.15, -0.1) is 11.8 Å². The van der Waals surface area contributed by atoms with Crippen LogP contribution < -0.4 is 10.6 Å². The predicted molar refractivity (Wildman–Crippen MR) is 86.1 cm³/mol. The Morgan fingerprint density at radius 3 is 2.90 bits per heavy atom. The smallest absolute Gasteiger partial charge is 0.103 e. The van der Waals surface area contributed by atoms with Gasteiger partial charge >= 0.3 is 0 Å². The van der Waals surface area contributed by atoms with Gasteiger partial charge in [-0.25, -0.2) is 0 Å². The molecule has 2 atom stereocenters. The van der Waals surface area contributed by atoms with Crippen molar-refractivity contribution in [2.75, 3.05) is 23.7 Å². The van der Waals surface area contributed by atoms with Gasteiger partial charge in [-0.1, -0.05) is 13.0 Å². The molecule has 1 saturated heterocycles. The molecule has 3 nitrogen and oxygen atoms in total. The molecule has 2 N–H and O–H groups in total. The first kappa shape index (κ1) is 15.2. The Balaban J connectivity index is 2.35. The molecule has 0 radical (unpaired) electrons. The molecular formula is C16H23N3S. The van der Waals surface area contributed by atoms with Crippen molar-refractivity contribution in [3.05, 3.63) is 23.8 Å². The Morgan fingerprint density at radius 1 is 1.45 bits per heavy atom. The summed E-state index contributed by atoms with van der Waals surface area (Å²) in [6.07, 6.45) is 2.34. The molecule has 1 fully saturated rings. The van der Waals surface area contributed by atoms with Crippen molar-refractivity contribution >= 4 is 17.4 Å². The van der Waals surface area contributed by atoms with Crippen LogP contribution in [0.4, 0.5) is 5.69 Å². The summed E-state index contributed by atoms with van der Waals surface area (Å²) in [4.78, 5) is 3.47. The largest absolute Gasteiger partial charge is 0.367 e. The minimum Gasteiger partial charge on any atom is -0.367 e. The van der Waals surface area contributed by atoms with E-state index in [9.17, 15) is 5.26 Å². The van der Waals surface area contributed by atoms with E-state index < -0.39 is 0 Å². The van der Waals surface area contributed by atoms with Gasteiger partial charge in [0.1, 0.15) is 6.07 Å². The lowest BCUT2D eigenvalue weighted by molar-refractivity contribution is 0.373. The van der Waals surface area contributed by atoms with E-state index in [1.807, 2.05) is 6.07 Å². The molecular weight excluding hydrogens is 266 g/mol. The van der Waals surface area contributed by atoms with Crippen LogP contribution in [0.2, 0.25) is 0 Å². The molecule has 0 aliphatic carbocycles. The standard InChI is InChI=1S/C16H23N3S/c1-3-20-16-6-4-5-15(14(16)10-18)19-11-13(9-17)8-7-12(19)2/h4-6,12-13H,3,7-9,11,17H2,1-2H3. The highest BCUT2D eigenvalue weighted by Crippen LogP contribution is 2.34. The maximum atomic E-state index is 9.55. The van der Waals surface area contributed by atoms with Gasteiger partial charge in [0.2, 0.25) is 0 Å². The van der Waals surface area contributed by atoms with Crippen molar-refractivity contribution in [1.29, 1.82) is 5.26 Å². The first-order valence-electron chi connectivity index (χ1n) is 7.33. The fourth-order valence-corrected chi connectivity index (χ4v) is 3.64. The summed E-state index contributed by atoms with van der Waals surface area (Å²) in [5, 5.41) is 9.55. The minimum absolute atomic E-state index is 0.478. The van der Waals surface area contributed by atoms with E-state index in [0.29, 0.717) is 12.0 Å². The van der Waals surface area contributed by atoms with Crippen LogP contribution in [-0.2, 0) is 0 Å². The van der Waals surface area contributed by atoms with Gasteiger partial charge in [0, 0.05) is 17.5 Å². The van der Waals surface area contributed by atoms with Gasteiger partial charge in [0.05, 0.1) is 11.3 Å². The van der Waals surface area contributed by atoms with Crippen LogP contribution >= 0.6 is 11.8 Å². The third kappa shape index (κ3) is 3.11. The van der Waals surface area contributed by atoms with Crippen molar-refractivity contribution in [3.63, 3.8) is 0 Å². The van der Waals surface area contributed by atoms with Gasteiger partial charge in [0.15, 0.2) is 0 Å². The highest BCUT2D eigenvalue weighted by atomic mass is 32.2. The fraction of sp³-hybridized carbons (Fsp3) is 0.562. The SMILES string of the molecule is CCSc1cccc(N2CC(CN)CCC2C)c1C#N. The van der Waals surface area contributed by atoms with E-state index in [-0.39, 0.29) is 0 Å². The van der Waals surface area contributed by atoms with E-state index in [0.717, 1.165) is 41.4 Å². The first-order chi connectivity index (χ1) is 9.71. The van der Waals surface area contributed by atoms with Gasteiger partial charge in [-0.2, -0.15) is 5.26 Å². The Bertz CT molecular complexity index is 495. The molecule has 0 aromatic heterocycles. The van der Waals surface area contributed by atoms with Crippen molar-refractivity contribution in [2.24, 2.45) is 11.7 Å². The molecule has 0 spiro atoms. The Hall–Kier alpha value is -1.18. The number of nitrogens with zero attached hydrogens (tertiary/aromatic N) is 2. The lowest BCUT2D eigenvalue weighted by Gasteiger charge is -2.40. The lowest BCUT2D eigenvalue weighted by atomic mass is 9.92. The number of nitrogens with two attached hydrogens (primary N) is 1. The zero-order valence-electron chi connectivity index (χ0n) is 12.3. The highest BCUT2D eigenvalue weighted by molar-refractivity contribution is 7.99. The second-order valence-corrected chi connectivity index (χ2v) is 6.68. The molecule has 0 amide bonds. The van der Waals surface area contributed by atoms with Crippen molar-refractivity contribution < 1.29 is 0 Å². The molecule has 1 heterocycles. The van der Waals surface area contributed by atoms with Gasteiger partial charge in [-0.05, 0) is 50.1 Å². The number of hydrogen-bond donors (Lipinski definition) is 1. The first-order valence-corrected chi connectivity index (χ1v) is 8.32. The van der Waals surface area contributed by atoms with Crippen LogP contribution in [0.1, 0.15) is 32.3 Å². The van der Waals surface area contributed by atoms with Crippen molar-refractivity contribution in [3.8, 4) is 6.07 Å². The normalized spacial score (nSPS) is 22.6.